The third-order valence-electron chi connectivity index (χ3n) is 7.23. The number of piperidine rings is 1. The molecule has 2 saturated carbocycles. The lowest BCUT2D eigenvalue weighted by molar-refractivity contribution is -0.275. The highest BCUT2D eigenvalue weighted by molar-refractivity contribution is 5.79. The topological polar surface area (TPSA) is 68.3 Å². The average molecular weight is 437 g/mol. The van der Waals surface area contributed by atoms with Gasteiger partial charge in [0, 0.05) is 26.2 Å². The molecular weight excluding hydrogens is 396 g/mol. The molecule has 1 unspecified atom stereocenters. The van der Waals surface area contributed by atoms with Crippen LogP contribution in [0.5, 0.6) is 0 Å². The first-order valence-electron chi connectivity index (χ1n) is 12.3. The molecule has 2 aliphatic carbocycles. The van der Waals surface area contributed by atoms with E-state index in [0.29, 0.717) is 18.4 Å². The van der Waals surface area contributed by atoms with E-state index in [1.54, 1.807) is 0 Å². The van der Waals surface area contributed by atoms with E-state index in [2.05, 4.69) is 9.80 Å². The van der Waals surface area contributed by atoms with E-state index in [1.165, 1.54) is 6.42 Å². The molecule has 0 aromatic heterocycles. The van der Waals surface area contributed by atoms with Crippen molar-refractivity contribution in [2.45, 2.75) is 90.2 Å². The van der Waals surface area contributed by atoms with Crippen LogP contribution < -0.4 is 0 Å². The molecule has 4 aliphatic rings. The van der Waals surface area contributed by atoms with Crippen LogP contribution in [0.1, 0.15) is 72.6 Å². The Hall–Kier alpha value is -1.18. The van der Waals surface area contributed by atoms with Crippen molar-refractivity contribution in [2.24, 2.45) is 17.8 Å². The number of nitrogens with zero attached hydrogens (tertiary/aromatic N) is 2. The van der Waals surface area contributed by atoms with Crippen molar-refractivity contribution in [3.8, 4) is 0 Å². The van der Waals surface area contributed by atoms with Crippen LogP contribution in [0, 0.1) is 17.8 Å². The van der Waals surface area contributed by atoms with E-state index in [9.17, 15) is 9.59 Å². The Bertz CT molecular complexity index is 653. The first-order chi connectivity index (χ1) is 14.7. The van der Waals surface area contributed by atoms with Crippen LogP contribution in [0.2, 0.25) is 0 Å². The third-order valence-corrected chi connectivity index (χ3v) is 7.23. The molecular formula is C24H40N2O5. The molecule has 4 rings (SSSR count). The van der Waals surface area contributed by atoms with Crippen molar-refractivity contribution >= 4 is 11.9 Å². The number of rotatable bonds is 7. The molecule has 0 aromatic carbocycles. The van der Waals surface area contributed by atoms with Crippen LogP contribution in [0.3, 0.4) is 0 Å². The zero-order valence-electron chi connectivity index (χ0n) is 19.7. The van der Waals surface area contributed by atoms with Gasteiger partial charge in [-0.2, -0.15) is 0 Å². The van der Waals surface area contributed by atoms with Gasteiger partial charge < -0.3 is 14.2 Å². The highest BCUT2D eigenvalue weighted by Gasteiger charge is 2.60. The fourth-order valence-corrected chi connectivity index (χ4v) is 5.57. The summed E-state index contributed by atoms with van der Waals surface area (Å²) in [6.07, 6.45) is 6.39. The van der Waals surface area contributed by atoms with Crippen LogP contribution in [-0.2, 0) is 23.8 Å². The summed E-state index contributed by atoms with van der Waals surface area (Å²) in [7, 11) is 0. The van der Waals surface area contributed by atoms with Gasteiger partial charge in [-0.25, -0.2) is 4.79 Å². The number of carbonyl (C=O) groups excluding carboxylic acids is 2. The molecule has 0 radical (unpaired) electrons. The Balaban J connectivity index is 1.54. The van der Waals surface area contributed by atoms with E-state index >= 15 is 0 Å². The van der Waals surface area contributed by atoms with E-state index in [0.717, 1.165) is 64.7 Å². The summed E-state index contributed by atoms with van der Waals surface area (Å²) >= 11 is 0. The zero-order valence-corrected chi connectivity index (χ0v) is 19.7. The normalized spacial score (nSPS) is 33.5. The minimum atomic E-state index is -1.14. The maximum atomic E-state index is 13.8. The Morgan fingerprint density at radius 3 is 2.10 bits per heavy atom. The predicted octanol–water partition coefficient (Wildman–Crippen LogP) is 3.17. The lowest BCUT2D eigenvalue weighted by Gasteiger charge is -2.48. The molecule has 7 heteroatoms. The number of fused-ring (bicyclic) bond motifs is 1. The van der Waals surface area contributed by atoms with Crippen molar-refractivity contribution in [3.63, 3.8) is 0 Å². The van der Waals surface area contributed by atoms with Gasteiger partial charge in [0.2, 0.25) is 0 Å². The largest absolute Gasteiger partial charge is 0.466 e. The third kappa shape index (κ3) is 4.93. The van der Waals surface area contributed by atoms with Gasteiger partial charge >= 0.3 is 11.9 Å². The van der Waals surface area contributed by atoms with Crippen LogP contribution in [0.25, 0.3) is 0 Å². The number of hydrogen-bond acceptors (Lipinski definition) is 7. The van der Waals surface area contributed by atoms with E-state index in [4.69, 9.17) is 14.2 Å². The summed E-state index contributed by atoms with van der Waals surface area (Å²) in [5.41, 5.74) is -0.574. The second kappa shape index (κ2) is 8.99. The number of ether oxygens (including phenoxy) is 3. The summed E-state index contributed by atoms with van der Waals surface area (Å²) in [5, 5.41) is 0. The summed E-state index contributed by atoms with van der Waals surface area (Å²) in [5.74, 6) is -0.185. The van der Waals surface area contributed by atoms with Crippen molar-refractivity contribution in [3.05, 3.63) is 0 Å². The van der Waals surface area contributed by atoms with E-state index in [1.807, 2.05) is 27.7 Å². The Morgan fingerprint density at radius 1 is 0.935 bits per heavy atom. The maximum absolute atomic E-state index is 13.8. The second-order valence-corrected chi connectivity index (χ2v) is 10.8. The number of likely N-dealkylation sites (tertiary alicyclic amines) is 2. The molecule has 0 amide bonds. The Morgan fingerprint density at radius 2 is 1.55 bits per heavy atom. The molecule has 7 nitrogen and oxygen atoms in total. The van der Waals surface area contributed by atoms with Gasteiger partial charge in [-0.3, -0.25) is 14.6 Å². The lowest BCUT2D eigenvalue weighted by Crippen LogP contribution is -2.68. The molecule has 0 spiro atoms. The predicted molar refractivity (Wildman–Crippen MR) is 116 cm³/mol. The molecule has 2 aliphatic heterocycles. The van der Waals surface area contributed by atoms with Crippen molar-refractivity contribution in [1.29, 1.82) is 0 Å². The first-order valence-corrected chi connectivity index (χ1v) is 12.3. The Kier molecular flexibility index (Phi) is 6.67. The highest BCUT2D eigenvalue weighted by Crippen LogP contribution is 2.49. The molecule has 3 atom stereocenters. The van der Waals surface area contributed by atoms with E-state index in [-0.39, 0.29) is 24.0 Å². The molecule has 176 valence electrons. The quantitative estimate of drug-likeness (QED) is 0.568. The SMILES string of the molecule is CCOC(=O)C1CCC(OC(C(=O)OC(C)(C)C)(N2CCCC2)N2C[C@@H]3C[C@H]3C2)CC1. The molecule has 0 N–H and O–H groups in total. The summed E-state index contributed by atoms with van der Waals surface area (Å²) in [6.45, 7) is 11.5. The van der Waals surface area contributed by atoms with Crippen LogP contribution in [-0.4, -0.2) is 72.1 Å². The summed E-state index contributed by atoms with van der Waals surface area (Å²) < 4.78 is 18.0. The van der Waals surface area contributed by atoms with Gasteiger partial charge in [-0.1, -0.05) is 0 Å². The molecule has 0 bridgehead atoms. The average Bonchev–Trinajstić information content (AvgIpc) is 3.10. The molecule has 31 heavy (non-hydrogen) atoms. The standard InChI is InChI=1S/C24H40N2O5/c1-5-29-21(27)17-8-10-20(11-9-17)30-24(25-12-6-7-13-25,22(28)31-23(2,3)4)26-15-18-14-19(18)16-26/h17-20H,5-16H2,1-4H3/t17?,18-,19-,20?,24?/m0/s1. The van der Waals surface area contributed by atoms with Gasteiger partial charge in [0.1, 0.15) is 5.60 Å². The summed E-state index contributed by atoms with van der Waals surface area (Å²) in [6, 6.07) is 0. The van der Waals surface area contributed by atoms with Crippen LogP contribution in [0.4, 0.5) is 0 Å². The van der Waals surface area contributed by atoms with Crippen molar-refractivity contribution in [1.82, 2.24) is 9.80 Å². The fourth-order valence-electron chi connectivity index (χ4n) is 5.57. The van der Waals surface area contributed by atoms with Gasteiger partial charge in [-0.15, -0.1) is 0 Å². The van der Waals surface area contributed by atoms with Crippen molar-refractivity contribution in [2.75, 3.05) is 32.8 Å². The van der Waals surface area contributed by atoms with Gasteiger partial charge in [0.25, 0.3) is 5.85 Å². The van der Waals surface area contributed by atoms with Crippen molar-refractivity contribution < 1.29 is 23.8 Å². The molecule has 0 aromatic rings. The highest BCUT2D eigenvalue weighted by atomic mass is 16.6. The number of hydrogen-bond donors (Lipinski definition) is 0. The second-order valence-electron chi connectivity index (χ2n) is 10.8. The molecule has 4 fully saturated rings. The summed E-state index contributed by atoms with van der Waals surface area (Å²) in [4.78, 5) is 30.5. The molecule has 2 heterocycles. The fraction of sp³-hybridized carbons (Fsp3) is 0.917. The number of esters is 2. The van der Waals surface area contributed by atoms with Crippen LogP contribution >= 0.6 is 0 Å². The monoisotopic (exact) mass is 436 g/mol. The lowest BCUT2D eigenvalue weighted by atomic mass is 9.87. The minimum Gasteiger partial charge on any atom is -0.466 e. The van der Waals surface area contributed by atoms with E-state index < -0.39 is 11.4 Å². The van der Waals surface area contributed by atoms with Gasteiger partial charge in [0.15, 0.2) is 0 Å². The minimum absolute atomic E-state index is 0.0538. The van der Waals surface area contributed by atoms with Gasteiger partial charge in [-0.05, 0) is 84.5 Å². The van der Waals surface area contributed by atoms with Crippen LogP contribution in [0.15, 0.2) is 0 Å². The first kappa shape index (κ1) is 23.0. The maximum Gasteiger partial charge on any atom is 0.371 e. The smallest absolute Gasteiger partial charge is 0.371 e. The molecule has 2 saturated heterocycles. The number of carbonyl (C=O) groups is 2. The van der Waals surface area contributed by atoms with Gasteiger partial charge in [0.05, 0.1) is 18.6 Å². The zero-order chi connectivity index (χ0) is 22.2. The Labute approximate surface area is 186 Å².